The quantitative estimate of drug-likeness (QED) is 0.642. The summed E-state index contributed by atoms with van der Waals surface area (Å²) in [5.74, 6) is -0.604. The Morgan fingerprint density at radius 3 is 2.46 bits per heavy atom. The number of pyridine rings is 1. The summed E-state index contributed by atoms with van der Waals surface area (Å²) in [5, 5.41) is 8.72. The molecule has 3 rings (SSSR count). The number of amides is 2. The van der Waals surface area contributed by atoms with Crippen LogP contribution >= 0.6 is 0 Å². The molecular formula is C20H23N3O3. The van der Waals surface area contributed by atoms with Gasteiger partial charge in [-0.25, -0.2) is 5.48 Å². The summed E-state index contributed by atoms with van der Waals surface area (Å²) in [4.78, 5) is 30.3. The van der Waals surface area contributed by atoms with Gasteiger partial charge in [0.05, 0.1) is 17.8 Å². The van der Waals surface area contributed by atoms with Crippen molar-refractivity contribution in [3.63, 3.8) is 0 Å². The van der Waals surface area contributed by atoms with Crippen LogP contribution < -0.4 is 5.48 Å². The maximum atomic E-state index is 12.8. The van der Waals surface area contributed by atoms with Gasteiger partial charge in [-0.15, -0.1) is 0 Å². The Bertz CT molecular complexity index is 838. The average Bonchev–Trinajstić information content (AvgIpc) is 2.65. The molecule has 1 aliphatic rings. The van der Waals surface area contributed by atoms with Crippen LogP contribution in [0.25, 0.3) is 0 Å². The molecule has 0 spiro atoms. The van der Waals surface area contributed by atoms with Crippen LogP contribution in [0.4, 0.5) is 0 Å². The lowest BCUT2D eigenvalue weighted by atomic mass is 9.86. The van der Waals surface area contributed by atoms with Crippen LogP contribution in [0.1, 0.15) is 58.3 Å². The third kappa shape index (κ3) is 3.60. The van der Waals surface area contributed by atoms with Crippen molar-refractivity contribution in [1.29, 1.82) is 0 Å². The molecule has 0 saturated carbocycles. The summed E-state index contributed by atoms with van der Waals surface area (Å²) in [6, 6.07) is 9.47. The van der Waals surface area contributed by atoms with E-state index in [2.05, 4.69) is 25.8 Å². The lowest BCUT2D eigenvalue weighted by molar-refractivity contribution is 0.0701. The molecule has 2 amide bonds. The topological polar surface area (TPSA) is 82.5 Å². The summed E-state index contributed by atoms with van der Waals surface area (Å²) < 4.78 is 0. The van der Waals surface area contributed by atoms with Crippen LogP contribution in [0.15, 0.2) is 36.5 Å². The van der Waals surface area contributed by atoms with Gasteiger partial charge in [-0.2, -0.15) is 0 Å². The summed E-state index contributed by atoms with van der Waals surface area (Å²) in [5.41, 5.74) is 5.53. The molecule has 2 aromatic rings. The predicted molar refractivity (Wildman–Crippen MR) is 97.1 cm³/mol. The Morgan fingerprint density at radius 1 is 1.15 bits per heavy atom. The Balaban J connectivity index is 1.76. The van der Waals surface area contributed by atoms with Crippen molar-refractivity contribution < 1.29 is 14.8 Å². The van der Waals surface area contributed by atoms with Crippen molar-refractivity contribution in [3.8, 4) is 0 Å². The number of hydrogen-bond donors (Lipinski definition) is 2. The number of hydroxylamine groups is 1. The lowest BCUT2D eigenvalue weighted by Gasteiger charge is -2.28. The first-order chi connectivity index (χ1) is 12.3. The molecule has 2 N–H and O–H groups in total. The van der Waals surface area contributed by atoms with E-state index < -0.39 is 5.91 Å². The Labute approximate surface area is 152 Å². The molecule has 0 fully saturated rings. The van der Waals surface area contributed by atoms with Crippen molar-refractivity contribution in [2.45, 2.75) is 39.2 Å². The molecular weight excluding hydrogens is 330 g/mol. The van der Waals surface area contributed by atoms with Crippen LogP contribution in [-0.4, -0.2) is 33.5 Å². The number of benzene rings is 1. The Kier molecular flexibility index (Phi) is 4.78. The normalized spacial score (nSPS) is 13.9. The summed E-state index contributed by atoms with van der Waals surface area (Å²) in [6.07, 6.45) is 2.04. The number of rotatable bonds is 2. The first-order valence-corrected chi connectivity index (χ1v) is 8.61. The monoisotopic (exact) mass is 353 g/mol. The zero-order valence-corrected chi connectivity index (χ0v) is 15.2. The SMILES string of the molecule is CC(C)(C)c1ccc(C(=O)N2CCc3cc(C(=O)NO)cnc3C2)cc1. The number of carbonyl (C=O) groups excluding carboxylic acids is 2. The Hall–Kier alpha value is -2.73. The lowest BCUT2D eigenvalue weighted by Crippen LogP contribution is -2.36. The molecule has 0 bridgehead atoms. The second kappa shape index (κ2) is 6.88. The molecule has 0 atom stereocenters. The van der Waals surface area contributed by atoms with Gasteiger partial charge < -0.3 is 4.90 Å². The molecule has 0 radical (unpaired) electrons. The van der Waals surface area contributed by atoms with Gasteiger partial charge in [-0.3, -0.25) is 19.8 Å². The molecule has 1 aliphatic heterocycles. The molecule has 26 heavy (non-hydrogen) atoms. The van der Waals surface area contributed by atoms with Gasteiger partial charge in [-0.05, 0) is 41.2 Å². The fourth-order valence-electron chi connectivity index (χ4n) is 3.07. The van der Waals surface area contributed by atoms with E-state index >= 15 is 0 Å². The summed E-state index contributed by atoms with van der Waals surface area (Å²) >= 11 is 0. The smallest absolute Gasteiger partial charge is 0.276 e. The van der Waals surface area contributed by atoms with Gasteiger partial charge in [0, 0.05) is 18.3 Å². The maximum Gasteiger partial charge on any atom is 0.276 e. The number of nitrogens with zero attached hydrogens (tertiary/aromatic N) is 2. The van der Waals surface area contributed by atoms with E-state index in [4.69, 9.17) is 5.21 Å². The number of hydrogen-bond acceptors (Lipinski definition) is 4. The van der Waals surface area contributed by atoms with Crippen LogP contribution in [0.5, 0.6) is 0 Å². The minimum atomic E-state index is -0.585. The van der Waals surface area contributed by atoms with Crippen LogP contribution in [-0.2, 0) is 18.4 Å². The predicted octanol–water partition coefficient (Wildman–Crippen LogP) is 2.70. The first kappa shape index (κ1) is 18.1. The van der Waals surface area contributed by atoms with Gasteiger partial charge in [0.1, 0.15) is 0 Å². The van der Waals surface area contributed by atoms with Crippen molar-refractivity contribution >= 4 is 11.8 Å². The molecule has 1 aromatic carbocycles. The van der Waals surface area contributed by atoms with Crippen molar-refractivity contribution in [1.82, 2.24) is 15.4 Å². The zero-order chi connectivity index (χ0) is 18.9. The highest BCUT2D eigenvalue weighted by atomic mass is 16.5. The number of nitrogens with one attached hydrogen (secondary N) is 1. The van der Waals surface area contributed by atoms with Crippen LogP contribution in [0, 0.1) is 0 Å². The highest BCUT2D eigenvalue weighted by molar-refractivity contribution is 5.95. The minimum absolute atomic E-state index is 0.0184. The number of fused-ring (bicyclic) bond motifs is 1. The number of carbonyl (C=O) groups is 2. The molecule has 1 aromatic heterocycles. The summed E-state index contributed by atoms with van der Waals surface area (Å²) in [7, 11) is 0. The van der Waals surface area contributed by atoms with Gasteiger partial charge in [0.15, 0.2) is 0 Å². The van der Waals surface area contributed by atoms with Gasteiger partial charge in [-0.1, -0.05) is 32.9 Å². The largest absolute Gasteiger partial charge is 0.332 e. The van der Waals surface area contributed by atoms with E-state index in [1.54, 1.807) is 16.4 Å². The fraction of sp³-hybridized carbons (Fsp3) is 0.350. The third-order valence-electron chi connectivity index (χ3n) is 4.70. The highest BCUT2D eigenvalue weighted by Crippen LogP contribution is 2.24. The van der Waals surface area contributed by atoms with Gasteiger partial charge in [0.25, 0.3) is 11.8 Å². The molecule has 6 heteroatoms. The second-order valence-corrected chi connectivity index (χ2v) is 7.57. The van der Waals surface area contributed by atoms with Crippen molar-refractivity contribution in [2.75, 3.05) is 6.54 Å². The molecule has 2 heterocycles. The van der Waals surface area contributed by atoms with E-state index in [-0.39, 0.29) is 11.3 Å². The highest BCUT2D eigenvalue weighted by Gasteiger charge is 2.24. The standard InChI is InChI=1S/C20H23N3O3/c1-20(2,3)16-6-4-13(5-7-16)19(25)23-9-8-14-10-15(18(24)22-26)11-21-17(14)12-23/h4-7,10-11,26H,8-9,12H2,1-3H3,(H,22,24). The minimum Gasteiger partial charge on any atom is -0.332 e. The summed E-state index contributed by atoms with van der Waals surface area (Å²) in [6.45, 7) is 7.40. The van der Waals surface area contributed by atoms with Crippen LogP contribution in [0.3, 0.4) is 0 Å². The van der Waals surface area contributed by atoms with E-state index in [1.165, 1.54) is 11.8 Å². The van der Waals surface area contributed by atoms with E-state index in [0.717, 1.165) is 11.3 Å². The second-order valence-electron chi connectivity index (χ2n) is 7.57. The molecule has 0 saturated heterocycles. The molecule has 6 nitrogen and oxygen atoms in total. The number of aromatic nitrogens is 1. The van der Waals surface area contributed by atoms with E-state index in [1.807, 2.05) is 24.3 Å². The van der Waals surface area contributed by atoms with E-state index in [0.29, 0.717) is 30.6 Å². The average molecular weight is 353 g/mol. The molecule has 136 valence electrons. The molecule has 0 aliphatic carbocycles. The van der Waals surface area contributed by atoms with E-state index in [9.17, 15) is 9.59 Å². The van der Waals surface area contributed by atoms with Gasteiger partial charge >= 0.3 is 0 Å². The van der Waals surface area contributed by atoms with Crippen molar-refractivity contribution in [2.24, 2.45) is 0 Å². The van der Waals surface area contributed by atoms with Crippen LogP contribution in [0.2, 0.25) is 0 Å². The first-order valence-electron chi connectivity index (χ1n) is 8.61. The third-order valence-corrected chi connectivity index (χ3v) is 4.70. The van der Waals surface area contributed by atoms with Crippen molar-refractivity contribution in [3.05, 3.63) is 64.5 Å². The fourth-order valence-corrected chi connectivity index (χ4v) is 3.07. The zero-order valence-electron chi connectivity index (χ0n) is 15.2. The molecule has 0 unspecified atom stereocenters. The maximum absolute atomic E-state index is 12.8. The van der Waals surface area contributed by atoms with Gasteiger partial charge in [0.2, 0.25) is 0 Å². The Morgan fingerprint density at radius 2 is 1.85 bits per heavy atom.